The molecule has 0 N–H and O–H groups in total. The maximum Gasteiger partial charge on any atom is 0.0622 e. The molecule has 0 fully saturated rings. The van der Waals surface area contributed by atoms with Crippen LogP contribution in [0.25, 0.3) is 0 Å². The first-order valence-corrected chi connectivity index (χ1v) is 4.03. The summed E-state index contributed by atoms with van der Waals surface area (Å²) in [5.41, 5.74) is 0.0737. The Morgan fingerprint density at radius 2 is 1.80 bits per heavy atom. The summed E-state index contributed by atoms with van der Waals surface area (Å²) in [5, 5.41) is 0. The first-order chi connectivity index (χ1) is 4.48. The lowest BCUT2D eigenvalue weighted by atomic mass is 9.97. The second-order valence-corrected chi connectivity index (χ2v) is 3.90. The Morgan fingerprint density at radius 3 is 2.10 bits per heavy atom. The predicted molar refractivity (Wildman–Crippen MR) is 45.2 cm³/mol. The molecular formula is C9H20O. The zero-order valence-corrected chi connectivity index (χ0v) is 7.90. The second kappa shape index (κ2) is 3.97. The average Bonchev–Trinajstić information content (AvgIpc) is 1.85. The van der Waals surface area contributed by atoms with Crippen LogP contribution in [0, 0.1) is 5.92 Å². The maximum atomic E-state index is 5.29. The van der Waals surface area contributed by atoms with Crippen LogP contribution >= 0.6 is 0 Å². The van der Waals surface area contributed by atoms with E-state index >= 15 is 0 Å². The highest BCUT2D eigenvalue weighted by Gasteiger charge is 2.15. The number of ether oxygens (including phenoxy) is 1. The molecule has 0 spiro atoms. The van der Waals surface area contributed by atoms with Crippen LogP contribution < -0.4 is 0 Å². The number of hydrogen-bond acceptors (Lipinski definition) is 1. The van der Waals surface area contributed by atoms with E-state index in [0.29, 0.717) is 0 Å². The van der Waals surface area contributed by atoms with Gasteiger partial charge in [0.05, 0.1) is 5.60 Å². The van der Waals surface area contributed by atoms with Crippen molar-refractivity contribution in [1.82, 2.24) is 0 Å². The predicted octanol–water partition coefficient (Wildman–Crippen LogP) is 2.85. The molecule has 62 valence electrons. The molecule has 0 aromatic rings. The van der Waals surface area contributed by atoms with Crippen LogP contribution in [-0.4, -0.2) is 12.7 Å². The summed E-state index contributed by atoms with van der Waals surface area (Å²) >= 11 is 0. The van der Waals surface area contributed by atoms with Crippen LogP contribution in [0.5, 0.6) is 0 Å². The first-order valence-electron chi connectivity index (χ1n) is 4.03. The summed E-state index contributed by atoms with van der Waals surface area (Å²) in [6.45, 7) is 8.75. The molecule has 1 nitrogen and oxygen atoms in total. The lowest BCUT2D eigenvalue weighted by molar-refractivity contribution is 0.0113. The largest absolute Gasteiger partial charge is 0.379 e. The summed E-state index contributed by atoms with van der Waals surface area (Å²) in [7, 11) is 1.78. The minimum absolute atomic E-state index is 0.0737. The van der Waals surface area contributed by atoms with Gasteiger partial charge < -0.3 is 4.74 Å². The Bertz CT molecular complexity index is 84.7. The topological polar surface area (TPSA) is 9.23 Å². The van der Waals surface area contributed by atoms with E-state index in [4.69, 9.17) is 4.74 Å². The van der Waals surface area contributed by atoms with Gasteiger partial charge in [-0.15, -0.1) is 0 Å². The van der Waals surface area contributed by atoms with Gasteiger partial charge in [0.2, 0.25) is 0 Å². The van der Waals surface area contributed by atoms with Crippen molar-refractivity contribution in [3.05, 3.63) is 0 Å². The quantitative estimate of drug-likeness (QED) is 0.589. The van der Waals surface area contributed by atoms with Crippen LogP contribution in [-0.2, 0) is 4.74 Å². The molecule has 10 heavy (non-hydrogen) atoms. The average molecular weight is 144 g/mol. The van der Waals surface area contributed by atoms with E-state index in [-0.39, 0.29) is 5.60 Å². The molecule has 0 saturated carbocycles. The molecule has 1 heteroatoms. The monoisotopic (exact) mass is 144 g/mol. The van der Waals surface area contributed by atoms with Crippen LogP contribution in [0.4, 0.5) is 0 Å². The fraction of sp³-hybridized carbons (Fsp3) is 1.00. The Hall–Kier alpha value is -0.0400. The van der Waals surface area contributed by atoms with Gasteiger partial charge in [-0.2, -0.15) is 0 Å². The third kappa shape index (κ3) is 4.80. The fourth-order valence-electron chi connectivity index (χ4n) is 0.738. The van der Waals surface area contributed by atoms with Gasteiger partial charge >= 0.3 is 0 Å². The zero-order chi connectivity index (χ0) is 8.20. The highest BCUT2D eigenvalue weighted by atomic mass is 16.5. The standard InChI is InChI=1S/C9H20O/c1-8(2)6-7-9(3,4)10-5/h8H,6-7H2,1-5H3. The van der Waals surface area contributed by atoms with Gasteiger partial charge in [0.15, 0.2) is 0 Å². The van der Waals surface area contributed by atoms with Crippen molar-refractivity contribution in [2.75, 3.05) is 7.11 Å². The van der Waals surface area contributed by atoms with Gasteiger partial charge in [-0.05, 0) is 32.6 Å². The Morgan fingerprint density at radius 1 is 1.30 bits per heavy atom. The highest BCUT2D eigenvalue weighted by Crippen LogP contribution is 2.18. The van der Waals surface area contributed by atoms with Gasteiger partial charge in [0, 0.05) is 7.11 Å². The molecule has 0 bridgehead atoms. The van der Waals surface area contributed by atoms with Gasteiger partial charge in [-0.3, -0.25) is 0 Å². The van der Waals surface area contributed by atoms with Crippen LogP contribution in [0.2, 0.25) is 0 Å². The molecule has 0 atom stereocenters. The van der Waals surface area contributed by atoms with Crippen molar-refractivity contribution >= 4 is 0 Å². The van der Waals surface area contributed by atoms with E-state index in [1.54, 1.807) is 7.11 Å². The third-order valence-electron chi connectivity index (χ3n) is 1.88. The van der Waals surface area contributed by atoms with Gasteiger partial charge in [0.1, 0.15) is 0 Å². The minimum atomic E-state index is 0.0737. The summed E-state index contributed by atoms with van der Waals surface area (Å²) < 4.78 is 5.29. The van der Waals surface area contributed by atoms with Crippen molar-refractivity contribution in [3.63, 3.8) is 0 Å². The Labute approximate surface area is 64.8 Å². The van der Waals surface area contributed by atoms with E-state index in [2.05, 4.69) is 27.7 Å². The number of hydrogen-bond donors (Lipinski definition) is 0. The fourth-order valence-corrected chi connectivity index (χ4v) is 0.738. The minimum Gasteiger partial charge on any atom is -0.379 e. The lowest BCUT2D eigenvalue weighted by Crippen LogP contribution is -2.22. The summed E-state index contributed by atoms with van der Waals surface area (Å²) in [4.78, 5) is 0. The maximum absolute atomic E-state index is 5.29. The molecular weight excluding hydrogens is 124 g/mol. The van der Waals surface area contributed by atoms with Crippen molar-refractivity contribution in [3.8, 4) is 0 Å². The Kier molecular flexibility index (Phi) is 3.95. The third-order valence-corrected chi connectivity index (χ3v) is 1.88. The molecule has 0 rings (SSSR count). The zero-order valence-electron chi connectivity index (χ0n) is 7.90. The van der Waals surface area contributed by atoms with Crippen LogP contribution in [0.3, 0.4) is 0 Å². The molecule has 0 aromatic heterocycles. The smallest absolute Gasteiger partial charge is 0.0622 e. The first kappa shape index (κ1) is 9.96. The molecule has 0 radical (unpaired) electrons. The van der Waals surface area contributed by atoms with Crippen LogP contribution in [0.15, 0.2) is 0 Å². The highest BCUT2D eigenvalue weighted by molar-refractivity contribution is 4.67. The molecule has 0 aliphatic heterocycles. The van der Waals surface area contributed by atoms with Gasteiger partial charge in [-0.1, -0.05) is 13.8 Å². The molecule has 0 saturated heterocycles. The molecule has 0 amide bonds. The van der Waals surface area contributed by atoms with Gasteiger partial charge in [-0.25, -0.2) is 0 Å². The number of methoxy groups -OCH3 is 1. The molecule has 0 aliphatic rings. The van der Waals surface area contributed by atoms with Crippen LogP contribution in [0.1, 0.15) is 40.5 Å². The van der Waals surface area contributed by atoms with E-state index in [1.807, 2.05) is 0 Å². The summed E-state index contributed by atoms with van der Waals surface area (Å²) in [5.74, 6) is 0.787. The molecule has 0 aromatic carbocycles. The van der Waals surface area contributed by atoms with Crippen molar-refractivity contribution in [2.45, 2.75) is 46.1 Å². The number of rotatable bonds is 4. The van der Waals surface area contributed by atoms with Crippen molar-refractivity contribution < 1.29 is 4.74 Å². The van der Waals surface area contributed by atoms with Crippen molar-refractivity contribution in [1.29, 1.82) is 0 Å². The van der Waals surface area contributed by atoms with Crippen molar-refractivity contribution in [2.24, 2.45) is 5.92 Å². The summed E-state index contributed by atoms with van der Waals surface area (Å²) in [6, 6.07) is 0. The molecule has 0 aliphatic carbocycles. The van der Waals surface area contributed by atoms with E-state index in [1.165, 1.54) is 6.42 Å². The second-order valence-electron chi connectivity index (χ2n) is 3.90. The Balaban J connectivity index is 3.46. The normalized spacial score (nSPS) is 12.6. The molecule has 0 unspecified atom stereocenters. The van der Waals surface area contributed by atoms with E-state index in [0.717, 1.165) is 12.3 Å². The van der Waals surface area contributed by atoms with E-state index in [9.17, 15) is 0 Å². The van der Waals surface area contributed by atoms with Gasteiger partial charge in [0.25, 0.3) is 0 Å². The van der Waals surface area contributed by atoms with E-state index < -0.39 is 0 Å². The summed E-state index contributed by atoms with van der Waals surface area (Å²) in [6.07, 6.45) is 2.40. The molecule has 0 heterocycles. The SMILES string of the molecule is COC(C)(C)CCC(C)C. The lowest BCUT2D eigenvalue weighted by Gasteiger charge is -2.23.